The highest BCUT2D eigenvalue weighted by molar-refractivity contribution is 7.91. The fourth-order valence-electron chi connectivity index (χ4n) is 1.61. The van der Waals surface area contributed by atoms with Crippen molar-refractivity contribution in [1.82, 2.24) is 4.98 Å². The number of hydrogen-bond donors (Lipinski definition) is 2. The highest BCUT2D eigenvalue weighted by atomic mass is 32.2. The molecule has 6 heteroatoms. The maximum absolute atomic E-state index is 12.0. The minimum Gasteiger partial charge on any atom is -0.397 e. The number of sulfonamides is 1. The maximum Gasteiger partial charge on any atom is 0.238 e. The van der Waals surface area contributed by atoms with Crippen LogP contribution in [0.1, 0.15) is 11.1 Å². The van der Waals surface area contributed by atoms with E-state index in [1.54, 1.807) is 37.3 Å². The van der Waals surface area contributed by atoms with Gasteiger partial charge in [0.2, 0.25) is 10.0 Å². The summed E-state index contributed by atoms with van der Waals surface area (Å²) in [5.74, 6) is 0.196. The summed E-state index contributed by atoms with van der Waals surface area (Å²) in [4.78, 5) is 3.95. The van der Waals surface area contributed by atoms with E-state index in [1.807, 2.05) is 6.07 Å². The van der Waals surface area contributed by atoms with Crippen LogP contribution in [-0.2, 0) is 15.8 Å². The molecular weight excluding hydrogens is 262 g/mol. The summed E-state index contributed by atoms with van der Waals surface area (Å²) < 4.78 is 26.4. The largest absolute Gasteiger partial charge is 0.397 e. The van der Waals surface area contributed by atoms with Crippen LogP contribution in [0.4, 0.5) is 11.5 Å². The van der Waals surface area contributed by atoms with E-state index in [9.17, 15) is 8.42 Å². The first kappa shape index (κ1) is 13.4. The zero-order chi connectivity index (χ0) is 13.9. The predicted octanol–water partition coefficient (Wildman–Crippen LogP) is 1.91. The molecule has 5 nitrogen and oxygen atoms in total. The Morgan fingerprint density at radius 3 is 2.58 bits per heavy atom. The molecule has 100 valence electrons. The van der Waals surface area contributed by atoms with Gasteiger partial charge in [-0.3, -0.25) is 4.72 Å². The Kier molecular flexibility index (Phi) is 3.71. The number of nitrogens with two attached hydrogens (primary N) is 1. The van der Waals surface area contributed by atoms with Gasteiger partial charge < -0.3 is 5.73 Å². The minimum absolute atomic E-state index is 0.0844. The lowest BCUT2D eigenvalue weighted by Crippen LogP contribution is -2.16. The van der Waals surface area contributed by atoms with Crippen LogP contribution in [0, 0.1) is 6.92 Å². The van der Waals surface area contributed by atoms with Crippen molar-refractivity contribution < 1.29 is 8.42 Å². The minimum atomic E-state index is -3.47. The molecule has 2 rings (SSSR count). The number of rotatable bonds is 4. The third kappa shape index (κ3) is 3.69. The van der Waals surface area contributed by atoms with Crippen molar-refractivity contribution in [3.63, 3.8) is 0 Å². The average Bonchev–Trinajstić information content (AvgIpc) is 2.34. The highest BCUT2D eigenvalue weighted by Crippen LogP contribution is 2.15. The first-order chi connectivity index (χ1) is 8.96. The fourth-order valence-corrected chi connectivity index (χ4v) is 2.75. The van der Waals surface area contributed by atoms with E-state index in [0.717, 1.165) is 11.1 Å². The molecule has 0 amide bonds. The smallest absolute Gasteiger partial charge is 0.238 e. The van der Waals surface area contributed by atoms with Crippen LogP contribution in [-0.4, -0.2) is 13.4 Å². The van der Waals surface area contributed by atoms with E-state index in [1.165, 1.54) is 6.20 Å². The molecule has 0 unspecified atom stereocenters. The van der Waals surface area contributed by atoms with Gasteiger partial charge in [0.1, 0.15) is 5.82 Å². The van der Waals surface area contributed by atoms with Crippen LogP contribution < -0.4 is 10.5 Å². The molecular formula is C13H15N3O2S. The summed E-state index contributed by atoms with van der Waals surface area (Å²) in [6.07, 6.45) is 1.44. The third-order valence-corrected chi connectivity index (χ3v) is 3.84. The average molecular weight is 277 g/mol. The van der Waals surface area contributed by atoms with Crippen LogP contribution in [0.5, 0.6) is 0 Å². The Hall–Kier alpha value is -2.08. The number of nitrogen functional groups attached to an aromatic ring is 1. The summed E-state index contributed by atoms with van der Waals surface area (Å²) >= 11 is 0. The number of pyridine rings is 1. The molecule has 1 heterocycles. The lowest BCUT2D eigenvalue weighted by molar-refractivity contribution is 0.600. The monoisotopic (exact) mass is 277 g/mol. The van der Waals surface area contributed by atoms with Crippen LogP contribution in [0.15, 0.2) is 42.6 Å². The Morgan fingerprint density at radius 1 is 1.26 bits per heavy atom. The van der Waals surface area contributed by atoms with Crippen molar-refractivity contribution in [3.8, 4) is 0 Å². The SMILES string of the molecule is Cc1cc(NS(=O)(=O)Cc2ccccc2)ncc1N. The molecule has 2 aromatic rings. The Bertz CT molecular complexity index is 670. The van der Waals surface area contributed by atoms with Gasteiger partial charge in [0.15, 0.2) is 0 Å². The zero-order valence-corrected chi connectivity index (χ0v) is 11.3. The van der Waals surface area contributed by atoms with Gasteiger partial charge >= 0.3 is 0 Å². The van der Waals surface area contributed by atoms with E-state index in [-0.39, 0.29) is 11.6 Å². The number of benzene rings is 1. The van der Waals surface area contributed by atoms with Gasteiger partial charge in [-0.15, -0.1) is 0 Å². The van der Waals surface area contributed by atoms with E-state index in [2.05, 4.69) is 9.71 Å². The van der Waals surface area contributed by atoms with Gasteiger partial charge in [0.25, 0.3) is 0 Å². The maximum atomic E-state index is 12.0. The number of hydrogen-bond acceptors (Lipinski definition) is 4. The molecule has 0 spiro atoms. The second-order valence-electron chi connectivity index (χ2n) is 4.27. The van der Waals surface area contributed by atoms with Crippen LogP contribution in [0.25, 0.3) is 0 Å². The Morgan fingerprint density at radius 2 is 1.95 bits per heavy atom. The second-order valence-corrected chi connectivity index (χ2v) is 6.00. The molecule has 0 bridgehead atoms. The normalized spacial score (nSPS) is 11.2. The van der Waals surface area contributed by atoms with E-state index in [0.29, 0.717) is 5.69 Å². The van der Waals surface area contributed by atoms with E-state index < -0.39 is 10.0 Å². The third-order valence-electron chi connectivity index (χ3n) is 2.61. The molecule has 19 heavy (non-hydrogen) atoms. The molecule has 0 fully saturated rings. The highest BCUT2D eigenvalue weighted by Gasteiger charge is 2.12. The van der Waals surface area contributed by atoms with E-state index in [4.69, 9.17) is 5.73 Å². The Balaban J connectivity index is 2.15. The van der Waals surface area contributed by atoms with Gasteiger partial charge in [0, 0.05) is 0 Å². The standard InChI is InChI=1S/C13H15N3O2S/c1-10-7-13(15-8-12(10)14)16-19(17,18)9-11-5-3-2-4-6-11/h2-8H,9,14H2,1H3,(H,15,16). The first-order valence-corrected chi connectivity index (χ1v) is 7.38. The quantitative estimate of drug-likeness (QED) is 0.894. The van der Waals surface area contributed by atoms with Crippen molar-refractivity contribution in [2.24, 2.45) is 0 Å². The molecule has 1 aromatic heterocycles. The van der Waals surface area contributed by atoms with E-state index >= 15 is 0 Å². The second kappa shape index (κ2) is 5.27. The Labute approximate surface area is 112 Å². The topological polar surface area (TPSA) is 85.1 Å². The van der Waals surface area contributed by atoms with Crippen LogP contribution in [0.3, 0.4) is 0 Å². The number of aryl methyl sites for hydroxylation is 1. The molecule has 0 saturated carbocycles. The predicted molar refractivity (Wildman–Crippen MR) is 76.1 cm³/mol. The van der Waals surface area contributed by atoms with Gasteiger partial charge in [-0.1, -0.05) is 30.3 Å². The summed E-state index contributed by atoms with van der Waals surface area (Å²) in [5.41, 5.74) is 7.68. The molecule has 0 saturated heterocycles. The summed E-state index contributed by atoms with van der Waals surface area (Å²) in [6, 6.07) is 10.6. The molecule has 3 N–H and O–H groups in total. The molecule has 0 aliphatic rings. The van der Waals surface area contributed by atoms with Gasteiger partial charge in [0.05, 0.1) is 17.6 Å². The van der Waals surface area contributed by atoms with Gasteiger partial charge in [-0.05, 0) is 24.1 Å². The number of aromatic nitrogens is 1. The summed E-state index contributed by atoms with van der Waals surface area (Å²) in [7, 11) is -3.47. The lowest BCUT2D eigenvalue weighted by Gasteiger charge is -2.08. The first-order valence-electron chi connectivity index (χ1n) is 5.73. The lowest BCUT2D eigenvalue weighted by atomic mass is 10.2. The fraction of sp³-hybridized carbons (Fsp3) is 0.154. The van der Waals surface area contributed by atoms with Crippen LogP contribution >= 0.6 is 0 Å². The van der Waals surface area contributed by atoms with Crippen molar-refractivity contribution >= 4 is 21.5 Å². The summed E-state index contributed by atoms with van der Waals surface area (Å²) in [6.45, 7) is 1.80. The van der Waals surface area contributed by atoms with Crippen molar-refractivity contribution in [2.45, 2.75) is 12.7 Å². The molecule has 0 aliphatic carbocycles. The number of nitrogens with one attached hydrogen (secondary N) is 1. The van der Waals surface area contributed by atoms with Crippen molar-refractivity contribution in [2.75, 3.05) is 10.5 Å². The number of anilines is 2. The molecule has 0 atom stereocenters. The van der Waals surface area contributed by atoms with Crippen molar-refractivity contribution in [1.29, 1.82) is 0 Å². The van der Waals surface area contributed by atoms with Gasteiger partial charge in [-0.25, -0.2) is 13.4 Å². The molecule has 1 aromatic carbocycles. The number of nitrogens with zero attached hydrogens (tertiary/aromatic N) is 1. The molecule has 0 aliphatic heterocycles. The zero-order valence-electron chi connectivity index (χ0n) is 10.5. The van der Waals surface area contributed by atoms with Crippen LogP contribution in [0.2, 0.25) is 0 Å². The van der Waals surface area contributed by atoms with Crippen molar-refractivity contribution in [3.05, 3.63) is 53.7 Å². The molecule has 0 radical (unpaired) electrons. The summed E-state index contributed by atoms with van der Waals surface area (Å²) in [5, 5.41) is 0. The van der Waals surface area contributed by atoms with Gasteiger partial charge in [-0.2, -0.15) is 0 Å².